The highest BCUT2D eigenvalue weighted by Crippen LogP contribution is 2.12. The van der Waals surface area contributed by atoms with E-state index < -0.39 is 10.0 Å². The van der Waals surface area contributed by atoms with Gasteiger partial charge < -0.3 is 10.6 Å². The van der Waals surface area contributed by atoms with E-state index in [0.717, 1.165) is 0 Å². The van der Waals surface area contributed by atoms with Gasteiger partial charge in [0.05, 0.1) is 5.75 Å². The summed E-state index contributed by atoms with van der Waals surface area (Å²) in [6, 6.07) is -0.0963. The number of carbonyl (C=O) groups excluding carboxylic acids is 1. The number of anilines is 1. The first-order chi connectivity index (χ1) is 9.89. The molecule has 1 amide bonds. The van der Waals surface area contributed by atoms with E-state index in [-0.39, 0.29) is 30.2 Å². The predicted molar refractivity (Wildman–Crippen MR) is 76.6 cm³/mol. The van der Waals surface area contributed by atoms with Crippen molar-refractivity contribution < 1.29 is 13.2 Å². The van der Waals surface area contributed by atoms with Crippen molar-refractivity contribution in [1.29, 1.82) is 0 Å². The monoisotopic (exact) mass is 316 g/mol. The fourth-order valence-corrected chi connectivity index (χ4v) is 3.12. The summed E-state index contributed by atoms with van der Waals surface area (Å²) < 4.78 is 27.0. The van der Waals surface area contributed by atoms with E-state index in [1.165, 1.54) is 11.0 Å². The first kappa shape index (κ1) is 15.7. The van der Waals surface area contributed by atoms with Gasteiger partial charge in [-0.05, 0) is 19.8 Å². The number of nitrogens with one attached hydrogen (secondary N) is 1. The Morgan fingerprint density at radius 1 is 1.48 bits per heavy atom. The maximum Gasteiger partial charge on any atom is 0.244 e. The Kier molecular flexibility index (Phi) is 4.78. The summed E-state index contributed by atoms with van der Waals surface area (Å²) in [4.78, 5) is 17.5. The molecular formula is C11H20N6O3S. The van der Waals surface area contributed by atoms with Crippen LogP contribution in [0.2, 0.25) is 0 Å². The minimum Gasteiger partial charge on any atom is -0.367 e. The van der Waals surface area contributed by atoms with E-state index in [1.807, 2.05) is 0 Å². The number of hydrogen-bond donors (Lipinski definition) is 2. The normalized spacial score (nSPS) is 17.1. The van der Waals surface area contributed by atoms with Crippen molar-refractivity contribution in [2.24, 2.45) is 0 Å². The van der Waals surface area contributed by atoms with Crippen molar-refractivity contribution >= 4 is 21.9 Å². The first-order valence-corrected chi connectivity index (χ1v) is 8.47. The lowest BCUT2D eigenvalue weighted by Crippen LogP contribution is -2.47. The smallest absolute Gasteiger partial charge is 0.244 e. The minimum atomic E-state index is -3.19. The summed E-state index contributed by atoms with van der Waals surface area (Å²) in [6.07, 6.45) is 2.64. The van der Waals surface area contributed by atoms with Crippen molar-refractivity contribution in [1.82, 2.24) is 24.4 Å². The molecule has 0 aliphatic carbocycles. The Morgan fingerprint density at radius 3 is 2.67 bits per heavy atom. The van der Waals surface area contributed by atoms with Crippen LogP contribution in [-0.4, -0.2) is 58.9 Å². The molecule has 0 spiro atoms. The van der Waals surface area contributed by atoms with Crippen molar-refractivity contribution in [3.63, 3.8) is 0 Å². The Labute approximate surface area is 123 Å². The standard InChI is InChI=1S/C11H20N6O3S/c1-2-21(19,20)15-9-3-5-16(6-4-9)10(18)7-17-8-13-11(12)14-17/h8-9,15H,2-7H2,1H3,(H2,12,14). The van der Waals surface area contributed by atoms with Gasteiger partial charge in [0.1, 0.15) is 12.9 Å². The molecule has 2 rings (SSSR count). The number of amides is 1. The molecule has 0 atom stereocenters. The molecule has 1 fully saturated rings. The van der Waals surface area contributed by atoms with Crippen LogP contribution in [0.3, 0.4) is 0 Å². The quantitative estimate of drug-likeness (QED) is 0.702. The molecule has 1 aromatic rings. The van der Waals surface area contributed by atoms with Gasteiger partial charge in [-0.3, -0.25) is 4.79 Å². The van der Waals surface area contributed by atoms with E-state index in [2.05, 4.69) is 14.8 Å². The second-order valence-electron chi connectivity index (χ2n) is 4.98. The van der Waals surface area contributed by atoms with Crippen LogP contribution >= 0.6 is 0 Å². The number of piperidine rings is 1. The highest BCUT2D eigenvalue weighted by molar-refractivity contribution is 7.89. The van der Waals surface area contributed by atoms with E-state index in [0.29, 0.717) is 25.9 Å². The van der Waals surface area contributed by atoms with Gasteiger partial charge in [0.25, 0.3) is 0 Å². The second kappa shape index (κ2) is 6.39. The number of carbonyl (C=O) groups is 1. The molecule has 0 unspecified atom stereocenters. The van der Waals surface area contributed by atoms with Crippen LogP contribution in [0.4, 0.5) is 5.95 Å². The molecule has 0 radical (unpaired) electrons. The minimum absolute atomic E-state index is 0.0693. The van der Waals surface area contributed by atoms with Crippen LogP contribution in [0.15, 0.2) is 6.33 Å². The number of rotatable bonds is 5. The molecule has 10 heteroatoms. The lowest BCUT2D eigenvalue weighted by atomic mass is 10.1. The fourth-order valence-electron chi connectivity index (χ4n) is 2.21. The molecule has 1 saturated heterocycles. The number of sulfonamides is 1. The van der Waals surface area contributed by atoms with Crippen molar-refractivity contribution in [2.75, 3.05) is 24.6 Å². The lowest BCUT2D eigenvalue weighted by Gasteiger charge is -2.32. The maximum atomic E-state index is 12.1. The third-order valence-electron chi connectivity index (χ3n) is 3.43. The number of aromatic nitrogens is 3. The molecule has 1 aliphatic rings. The topological polar surface area (TPSA) is 123 Å². The van der Waals surface area contributed by atoms with E-state index >= 15 is 0 Å². The third kappa shape index (κ3) is 4.39. The number of nitrogen functional groups attached to an aromatic ring is 1. The molecule has 118 valence electrons. The van der Waals surface area contributed by atoms with Gasteiger partial charge >= 0.3 is 0 Å². The van der Waals surface area contributed by atoms with Gasteiger partial charge in [-0.2, -0.15) is 0 Å². The summed E-state index contributed by atoms with van der Waals surface area (Å²) in [5.74, 6) is 0.132. The molecular weight excluding hydrogens is 296 g/mol. The summed E-state index contributed by atoms with van der Waals surface area (Å²) in [7, 11) is -3.19. The average Bonchev–Trinajstić information content (AvgIpc) is 2.84. The molecule has 9 nitrogen and oxygen atoms in total. The summed E-state index contributed by atoms with van der Waals surface area (Å²) in [6.45, 7) is 2.75. The van der Waals surface area contributed by atoms with Crippen LogP contribution in [0.1, 0.15) is 19.8 Å². The number of nitrogens with zero attached hydrogens (tertiary/aromatic N) is 4. The molecule has 1 aromatic heterocycles. The first-order valence-electron chi connectivity index (χ1n) is 6.82. The zero-order valence-corrected chi connectivity index (χ0v) is 12.7. The van der Waals surface area contributed by atoms with Crippen molar-refractivity contribution in [3.05, 3.63) is 6.33 Å². The van der Waals surface area contributed by atoms with E-state index in [4.69, 9.17) is 5.73 Å². The summed E-state index contributed by atoms with van der Waals surface area (Å²) in [5.41, 5.74) is 5.39. The molecule has 0 bridgehead atoms. The SMILES string of the molecule is CCS(=O)(=O)NC1CCN(C(=O)Cn2cnc(N)n2)CC1. The largest absolute Gasteiger partial charge is 0.367 e. The number of nitrogens with two attached hydrogens (primary N) is 1. The molecule has 2 heterocycles. The second-order valence-corrected chi connectivity index (χ2v) is 7.02. The Balaban J connectivity index is 1.82. The zero-order valence-electron chi connectivity index (χ0n) is 11.9. The van der Waals surface area contributed by atoms with Gasteiger partial charge in [-0.15, -0.1) is 5.10 Å². The van der Waals surface area contributed by atoms with Crippen LogP contribution in [0.5, 0.6) is 0 Å². The third-order valence-corrected chi connectivity index (χ3v) is 4.88. The van der Waals surface area contributed by atoms with Gasteiger partial charge in [0.15, 0.2) is 0 Å². The fraction of sp³-hybridized carbons (Fsp3) is 0.727. The Hall–Kier alpha value is -1.68. The summed E-state index contributed by atoms with van der Waals surface area (Å²) >= 11 is 0. The Morgan fingerprint density at radius 2 is 2.14 bits per heavy atom. The summed E-state index contributed by atoms with van der Waals surface area (Å²) in [5, 5.41) is 3.86. The van der Waals surface area contributed by atoms with Gasteiger partial charge in [-0.1, -0.05) is 0 Å². The lowest BCUT2D eigenvalue weighted by molar-refractivity contribution is -0.133. The average molecular weight is 316 g/mol. The number of hydrogen-bond acceptors (Lipinski definition) is 6. The Bertz CT molecular complexity index is 591. The number of likely N-dealkylation sites (tertiary alicyclic amines) is 1. The van der Waals surface area contributed by atoms with Crippen LogP contribution < -0.4 is 10.5 Å². The van der Waals surface area contributed by atoms with Crippen molar-refractivity contribution in [3.8, 4) is 0 Å². The molecule has 1 aliphatic heterocycles. The van der Waals surface area contributed by atoms with Gasteiger partial charge in [0.2, 0.25) is 21.9 Å². The highest BCUT2D eigenvalue weighted by atomic mass is 32.2. The van der Waals surface area contributed by atoms with Gasteiger partial charge in [0, 0.05) is 19.1 Å². The van der Waals surface area contributed by atoms with Crippen LogP contribution in [-0.2, 0) is 21.4 Å². The van der Waals surface area contributed by atoms with E-state index in [1.54, 1.807) is 11.8 Å². The molecule has 0 aromatic carbocycles. The van der Waals surface area contributed by atoms with E-state index in [9.17, 15) is 13.2 Å². The zero-order chi connectivity index (χ0) is 15.5. The molecule has 3 N–H and O–H groups in total. The van der Waals surface area contributed by atoms with Gasteiger partial charge in [-0.25, -0.2) is 22.8 Å². The van der Waals surface area contributed by atoms with Crippen LogP contribution in [0.25, 0.3) is 0 Å². The highest BCUT2D eigenvalue weighted by Gasteiger charge is 2.25. The molecule has 21 heavy (non-hydrogen) atoms. The predicted octanol–water partition coefficient (Wildman–Crippen LogP) is -1.21. The van der Waals surface area contributed by atoms with Crippen LogP contribution in [0, 0.1) is 0 Å². The maximum absolute atomic E-state index is 12.1. The molecule has 0 saturated carbocycles. The van der Waals surface area contributed by atoms with Crippen molar-refractivity contribution in [2.45, 2.75) is 32.4 Å².